The Labute approximate surface area is 156 Å². The maximum absolute atomic E-state index is 12.2. The minimum absolute atomic E-state index is 0.122. The van der Waals surface area contributed by atoms with Crippen molar-refractivity contribution in [1.82, 2.24) is 15.0 Å². The van der Waals surface area contributed by atoms with E-state index in [0.717, 1.165) is 15.6 Å². The lowest BCUT2D eigenvalue weighted by molar-refractivity contribution is -0.113. The Morgan fingerprint density at radius 3 is 2.77 bits per heavy atom. The fourth-order valence-electron chi connectivity index (χ4n) is 2.50. The number of benzene rings is 2. The quantitative estimate of drug-likeness (QED) is 0.459. The number of imidazole rings is 1. The van der Waals surface area contributed by atoms with E-state index in [2.05, 4.69) is 20.3 Å². The molecule has 0 saturated heterocycles. The molecule has 2 heterocycles. The van der Waals surface area contributed by atoms with E-state index in [1.807, 2.05) is 35.7 Å². The highest BCUT2D eigenvalue weighted by molar-refractivity contribution is 8.01. The van der Waals surface area contributed by atoms with Gasteiger partial charge in [-0.3, -0.25) is 4.79 Å². The van der Waals surface area contributed by atoms with Gasteiger partial charge in [0.1, 0.15) is 0 Å². The number of hydrogen-bond acceptors (Lipinski definition) is 5. The topological polar surface area (TPSA) is 90.6 Å². The number of carbonyl (C=O) groups is 1. The molecule has 0 atom stereocenters. The SMILES string of the molecule is O=C(CSc1nc(-c2ccccc2)cs1)Nc1ccc2[nH]c(=O)[nH]c2c1. The van der Waals surface area contributed by atoms with Gasteiger partial charge in [-0.15, -0.1) is 11.3 Å². The molecule has 0 radical (unpaired) electrons. The van der Waals surface area contributed by atoms with Crippen LogP contribution in [0.4, 0.5) is 5.69 Å². The average molecular weight is 382 g/mol. The van der Waals surface area contributed by atoms with E-state index in [9.17, 15) is 9.59 Å². The van der Waals surface area contributed by atoms with Crippen LogP contribution in [0.25, 0.3) is 22.3 Å². The van der Waals surface area contributed by atoms with Crippen LogP contribution < -0.4 is 11.0 Å². The number of aromatic nitrogens is 3. The predicted molar refractivity (Wildman–Crippen MR) is 106 cm³/mol. The minimum Gasteiger partial charge on any atom is -0.325 e. The highest BCUT2D eigenvalue weighted by Crippen LogP contribution is 2.28. The van der Waals surface area contributed by atoms with E-state index < -0.39 is 0 Å². The van der Waals surface area contributed by atoms with E-state index in [4.69, 9.17) is 0 Å². The van der Waals surface area contributed by atoms with Crippen LogP contribution in [0.2, 0.25) is 0 Å². The van der Waals surface area contributed by atoms with E-state index in [1.54, 1.807) is 18.2 Å². The molecule has 0 saturated carbocycles. The number of nitrogens with one attached hydrogen (secondary N) is 3. The monoisotopic (exact) mass is 382 g/mol. The molecule has 8 heteroatoms. The van der Waals surface area contributed by atoms with E-state index >= 15 is 0 Å². The van der Waals surface area contributed by atoms with Gasteiger partial charge >= 0.3 is 5.69 Å². The molecule has 0 unspecified atom stereocenters. The fraction of sp³-hybridized carbons (Fsp3) is 0.0556. The van der Waals surface area contributed by atoms with Crippen molar-refractivity contribution in [3.8, 4) is 11.3 Å². The molecular formula is C18H14N4O2S2. The summed E-state index contributed by atoms with van der Waals surface area (Å²) < 4.78 is 0.851. The Kier molecular flexibility index (Phi) is 4.59. The summed E-state index contributed by atoms with van der Waals surface area (Å²) in [5.74, 6) is 0.146. The Bertz CT molecular complexity index is 1110. The highest BCUT2D eigenvalue weighted by Gasteiger charge is 2.09. The molecule has 2 aromatic carbocycles. The van der Waals surface area contributed by atoms with Crippen LogP contribution in [-0.4, -0.2) is 26.6 Å². The summed E-state index contributed by atoms with van der Waals surface area (Å²) in [4.78, 5) is 33.3. The van der Waals surface area contributed by atoms with Crippen molar-refractivity contribution in [2.75, 3.05) is 11.1 Å². The smallest absolute Gasteiger partial charge is 0.323 e. The van der Waals surface area contributed by atoms with Gasteiger partial charge in [-0.25, -0.2) is 9.78 Å². The van der Waals surface area contributed by atoms with Gasteiger partial charge in [-0.05, 0) is 18.2 Å². The van der Waals surface area contributed by atoms with Gasteiger partial charge in [0.05, 0.1) is 22.5 Å². The summed E-state index contributed by atoms with van der Waals surface area (Å²) in [7, 11) is 0. The lowest BCUT2D eigenvalue weighted by atomic mass is 10.2. The molecule has 4 aromatic rings. The van der Waals surface area contributed by atoms with Crippen molar-refractivity contribution in [3.63, 3.8) is 0 Å². The van der Waals surface area contributed by atoms with Gasteiger partial charge in [-0.2, -0.15) is 0 Å². The number of aromatic amines is 2. The lowest BCUT2D eigenvalue weighted by Gasteiger charge is -2.04. The molecule has 2 aromatic heterocycles. The van der Waals surface area contributed by atoms with Gasteiger partial charge in [0.2, 0.25) is 5.91 Å². The number of rotatable bonds is 5. The number of carbonyl (C=O) groups excluding carboxylic acids is 1. The van der Waals surface area contributed by atoms with E-state index in [-0.39, 0.29) is 17.3 Å². The van der Waals surface area contributed by atoms with E-state index in [1.165, 1.54) is 23.1 Å². The number of thiazole rings is 1. The summed E-state index contributed by atoms with van der Waals surface area (Å²) in [5.41, 5.74) is 3.72. The zero-order valence-electron chi connectivity index (χ0n) is 13.5. The van der Waals surface area contributed by atoms with E-state index in [0.29, 0.717) is 16.7 Å². The summed E-state index contributed by atoms with van der Waals surface area (Å²) in [6, 6.07) is 15.2. The molecule has 0 aliphatic carbocycles. The Morgan fingerprint density at radius 2 is 1.92 bits per heavy atom. The zero-order valence-corrected chi connectivity index (χ0v) is 15.1. The maximum atomic E-state index is 12.2. The summed E-state index contributed by atoms with van der Waals surface area (Å²) in [6.07, 6.45) is 0. The molecule has 3 N–H and O–H groups in total. The Balaban J connectivity index is 1.37. The molecular weight excluding hydrogens is 368 g/mol. The molecule has 0 fully saturated rings. The molecule has 0 aliphatic heterocycles. The van der Waals surface area contributed by atoms with Crippen molar-refractivity contribution in [3.05, 3.63) is 64.4 Å². The molecule has 0 aliphatic rings. The van der Waals surface area contributed by atoms with Gasteiger partial charge in [0.25, 0.3) is 0 Å². The zero-order chi connectivity index (χ0) is 17.9. The summed E-state index contributed by atoms with van der Waals surface area (Å²) in [6.45, 7) is 0. The summed E-state index contributed by atoms with van der Waals surface area (Å²) >= 11 is 2.93. The molecule has 0 bridgehead atoms. The number of H-pyrrole nitrogens is 2. The van der Waals surface area contributed by atoms with Crippen molar-refractivity contribution < 1.29 is 4.79 Å². The van der Waals surface area contributed by atoms with Gasteiger partial charge in [0, 0.05) is 16.6 Å². The average Bonchev–Trinajstić information content (AvgIpc) is 3.26. The Morgan fingerprint density at radius 1 is 1.12 bits per heavy atom. The standard InChI is InChI=1S/C18H14N4O2S2/c23-16(19-12-6-7-13-14(8-12)21-17(24)20-13)10-26-18-22-15(9-25-18)11-4-2-1-3-5-11/h1-9H,10H2,(H,19,23)(H2,20,21,24). The third-order valence-corrected chi connectivity index (χ3v) is 5.70. The van der Waals surface area contributed by atoms with Crippen LogP contribution >= 0.6 is 23.1 Å². The predicted octanol–water partition coefficient (Wildman–Crippen LogP) is 3.71. The van der Waals surface area contributed by atoms with Crippen LogP contribution in [-0.2, 0) is 4.79 Å². The molecule has 1 amide bonds. The molecule has 130 valence electrons. The van der Waals surface area contributed by atoms with Crippen LogP contribution in [0.1, 0.15) is 0 Å². The van der Waals surface area contributed by atoms with Crippen molar-refractivity contribution in [1.29, 1.82) is 0 Å². The van der Waals surface area contributed by atoms with Crippen LogP contribution in [0.5, 0.6) is 0 Å². The summed E-state index contributed by atoms with van der Waals surface area (Å²) in [5, 5.41) is 4.83. The second-order valence-corrected chi connectivity index (χ2v) is 7.62. The first-order valence-electron chi connectivity index (χ1n) is 7.83. The lowest BCUT2D eigenvalue weighted by Crippen LogP contribution is -2.13. The van der Waals surface area contributed by atoms with Crippen molar-refractivity contribution >= 4 is 45.7 Å². The first kappa shape index (κ1) is 16.6. The van der Waals surface area contributed by atoms with Crippen LogP contribution in [0.15, 0.2) is 63.0 Å². The molecule has 6 nitrogen and oxygen atoms in total. The molecule has 26 heavy (non-hydrogen) atoms. The number of hydrogen-bond donors (Lipinski definition) is 3. The number of fused-ring (bicyclic) bond motifs is 1. The first-order chi connectivity index (χ1) is 12.7. The molecule has 4 rings (SSSR count). The fourth-order valence-corrected chi connectivity index (χ4v) is 4.13. The van der Waals surface area contributed by atoms with Crippen LogP contribution in [0.3, 0.4) is 0 Å². The maximum Gasteiger partial charge on any atom is 0.323 e. The van der Waals surface area contributed by atoms with Gasteiger partial charge < -0.3 is 15.3 Å². The minimum atomic E-state index is -0.267. The second kappa shape index (κ2) is 7.19. The van der Waals surface area contributed by atoms with Gasteiger partial charge in [-0.1, -0.05) is 42.1 Å². The highest BCUT2D eigenvalue weighted by atomic mass is 32.2. The third-order valence-electron chi connectivity index (χ3n) is 3.68. The number of anilines is 1. The van der Waals surface area contributed by atoms with Crippen LogP contribution in [0, 0.1) is 0 Å². The first-order valence-corrected chi connectivity index (χ1v) is 9.69. The van der Waals surface area contributed by atoms with Crippen molar-refractivity contribution in [2.45, 2.75) is 4.34 Å². The number of thioether (sulfide) groups is 1. The second-order valence-electron chi connectivity index (χ2n) is 5.54. The molecule has 0 spiro atoms. The van der Waals surface area contributed by atoms with Crippen molar-refractivity contribution in [2.24, 2.45) is 0 Å². The number of amides is 1. The largest absolute Gasteiger partial charge is 0.325 e. The normalized spacial score (nSPS) is 10.9. The Hall–Kier alpha value is -2.84. The number of nitrogens with zero attached hydrogens (tertiary/aromatic N) is 1. The van der Waals surface area contributed by atoms with Gasteiger partial charge in [0.15, 0.2) is 4.34 Å². The third kappa shape index (κ3) is 3.71.